The molecule has 0 unspecified atom stereocenters. The molecule has 0 aliphatic rings. The van der Waals surface area contributed by atoms with E-state index in [0.29, 0.717) is 0 Å². The zero-order chi connectivity index (χ0) is 12.4. The first-order valence-corrected chi connectivity index (χ1v) is 8.43. The summed E-state index contributed by atoms with van der Waals surface area (Å²) in [6, 6.07) is 7.67. The van der Waals surface area contributed by atoms with E-state index >= 15 is 0 Å². The molecule has 5 heteroatoms. The monoisotopic (exact) mass is 390 g/mol. The minimum atomic E-state index is 0.0558. The first-order valence-electron chi connectivity index (χ1n) is 4.74. The van der Waals surface area contributed by atoms with Crippen LogP contribution in [0.3, 0.4) is 0 Å². The molecule has 0 saturated heterocycles. The number of hydrogen-bond donors (Lipinski definition) is 0. The van der Waals surface area contributed by atoms with Gasteiger partial charge in [0.2, 0.25) is 5.78 Å². The molecule has 0 N–H and O–H groups in total. The lowest BCUT2D eigenvalue weighted by molar-refractivity contribution is 0.104. The maximum absolute atomic E-state index is 12.2. The normalized spacial score (nSPS) is 10.5. The number of halogens is 2. The van der Waals surface area contributed by atoms with Gasteiger partial charge in [-0.3, -0.25) is 4.79 Å². The summed E-state index contributed by atoms with van der Waals surface area (Å²) in [6.07, 6.45) is 2.02. The highest BCUT2D eigenvalue weighted by Gasteiger charge is 2.16. The van der Waals surface area contributed by atoms with Gasteiger partial charge in [0.05, 0.1) is 9.35 Å². The van der Waals surface area contributed by atoms with E-state index in [1.165, 1.54) is 11.3 Å². The Bertz CT molecular complexity index is 546. The first-order chi connectivity index (χ1) is 8.13. The molecule has 0 aliphatic heterocycles. The van der Waals surface area contributed by atoms with Crippen LogP contribution in [0, 0.1) is 0 Å². The second-order valence-electron chi connectivity index (χ2n) is 3.28. The molecule has 0 amide bonds. The third kappa shape index (κ3) is 2.84. The van der Waals surface area contributed by atoms with Crippen LogP contribution in [0.15, 0.2) is 43.5 Å². The van der Waals surface area contributed by atoms with Crippen molar-refractivity contribution in [3.63, 3.8) is 0 Å². The topological polar surface area (TPSA) is 17.1 Å². The summed E-state index contributed by atoms with van der Waals surface area (Å²) in [7, 11) is 0. The van der Waals surface area contributed by atoms with Crippen LogP contribution in [-0.2, 0) is 0 Å². The van der Waals surface area contributed by atoms with Gasteiger partial charge in [0.1, 0.15) is 0 Å². The summed E-state index contributed by atoms with van der Waals surface area (Å²) in [5, 5.41) is 1.91. The molecule has 17 heavy (non-hydrogen) atoms. The van der Waals surface area contributed by atoms with Gasteiger partial charge < -0.3 is 0 Å². The van der Waals surface area contributed by atoms with E-state index in [-0.39, 0.29) is 5.78 Å². The molecule has 2 aromatic rings. The van der Waals surface area contributed by atoms with Gasteiger partial charge >= 0.3 is 0 Å². The fraction of sp³-hybridized carbons (Fsp3) is 0.0833. The minimum Gasteiger partial charge on any atom is -0.288 e. The standard InChI is InChI=1S/C12H8Br2OS2/c1-16-8-4-2-7(3-5-8)11(15)12-10(14)9(13)6-17-12/h2-6H,1H3. The third-order valence-electron chi connectivity index (χ3n) is 2.25. The number of thiophene rings is 1. The van der Waals surface area contributed by atoms with Gasteiger partial charge in [-0.15, -0.1) is 23.1 Å². The van der Waals surface area contributed by atoms with Crippen molar-refractivity contribution in [2.75, 3.05) is 6.26 Å². The zero-order valence-electron chi connectivity index (χ0n) is 8.87. The molecule has 1 nitrogen and oxygen atoms in total. The fourth-order valence-electron chi connectivity index (χ4n) is 1.35. The van der Waals surface area contributed by atoms with Gasteiger partial charge in [-0.25, -0.2) is 0 Å². The zero-order valence-corrected chi connectivity index (χ0v) is 13.7. The van der Waals surface area contributed by atoms with E-state index < -0.39 is 0 Å². The average Bonchev–Trinajstić information content (AvgIpc) is 2.69. The number of thioether (sulfide) groups is 1. The SMILES string of the molecule is CSc1ccc(C(=O)c2scc(Br)c2Br)cc1. The van der Waals surface area contributed by atoms with Gasteiger partial charge in [0.25, 0.3) is 0 Å². The van der Waals surface area contributed by atoms with Crippen molar-refractivity contribution in [2.45, 2.75) is 4.90 Å². The van der Waals surface area contributed by atoms with Crippen LogP contribution in [-0.4, -0.2) is 12.0 Å². The first kappa shape index (κ1) is 13.3. The quantitative estimate of drug-likeness (QED) is 0.526. The van der Waals surface area contributed by atoms with E-state index in [4.69, 9.17) is 0 Å². The maximum Gasteiger partial charge on any atom is 0.204 e. The molecule has 1 aromatic heterocycles. The molecule has 0 fully saturated rings. The summed E-state index contributed by atoms with van der Waals surface area (Å²) in [6.45, 7) is 0. The van der Waals surface area contributed by atoms with Crippen LogP contribution in [0.4, 0.5) is 0 Å². The van der Waals surface area contributed by atoms with Crippen LogP contribution in [0.5, 0.6) is 0 Å². The van der Waals surface area contributed by atoms with Crippen LogP contribution < -0.4 is 0 Å². The van der Waals surface area contributed by atoms with E-state index in [2.05, 4.69) is 31.9 Å². The predicted octanol–water partition coefficient (Wildman–Crippen LogP) is 5.23. The summed E-state index contributed by atoms with van der Waals surface area (Å²) in [4.78, 5) is 14.1. The number of hydrogen-bond acceptors (Lipinski definition) is 3. The lowest BCUT2D eigenvalue weighted by Gasteiger charge is -2.01. The molecule has 0 bridgehead atoms. The van der Waals surface area contributed by atoms with Crippen molar-refractivity contribution >= 4 is 60.7 Å². The molecule has 88 valence electrons. The smallest absolute Gasteiger partial charge is 0.204 e. The molecule has 0 atom stereocenters. The second kappa shape index (κ2) is 5.69. The summed E-state index contributed by atoms with van der Waals surface area (Å²) in [5.41, 5.74) is 0.720. The molecule has 2 rings (SSSR count). The summed E-state index contributed by atoms with van der Waals surface area (Å²) in [5.74, 6) is 0.0558. The van der Waals surface area contributed by atoms with Crippen LogP contribution in [0.1, 0.15) is 15.2 Å². The van der Waals surface area contributed by atoms with Crippen molar-refractivity contribution in [2.24, 2.45) is 0 Å². The van der Waals surface area contributed by atoms with Crippen LogP contribution in [0.25, 0.3) is 0 Å². The largest absolute Gasteiger partial charge is 0.288 e. The van der Waals surface area contributed by atoms with Gasteiger partial charge in [-0.1, -0.05) is 0 Å². The third-order valence-corrected chi connectivity index (χ3v) is 6.52. The van der Waals surface area contributed by atoms with Crippen molar-refractivity contribution in [3.05, 3.63) is 49.0 Å². The molecule has 0 spiro atoms. The van der Waals surface area contributed by atoms with Gasteiger partial charge in [0.15, 0.2) is 0 Å². The second-order valence-corrected chi connectivity index (χ2v) is 6.69. The Morgan fingerprint density at radius 2 is 1.88 bits per heavy atom. The lowest BCUT2D eigenvalue weighted by atomic mass is 10.1. The fourth-order valence-corrected chi connectivity index (χ4v) is 3.87. The summed E-state index contributed by atoms with van der Waals surface area (Å²) >= 11 is 9.91. The van der Waals surface area contributed by atoms with Crippen molar-refractivity contribution < 1.29 is 4.79 Å². The highest BCUT2D eigenvalue weighted by Crippen LogP contribution is 2.34. The predicted molar refractivity (Wildman–Crippen MR) is 81.4 cm³/mol. The molecule has 1 heterocycles. The number of carbonyl (C=O) groups excluding carboxylic acids is 1. The average molecular weight is 392 g/mol. The van der Waals surface area contributed by atoms with Gasteiger partial charge in [-0.05, 0) is 62.4 Å². The molecule has 0 radical (unpaired) electrons. The van der Waals surface area contributed by atoms with Crippen LogP contribution in [0.2, 0.25) is 0 Å². The Kier molecular flexibility index (Phi) is 4.47. The highest BCUT2D eigenvalue weighted by atomic mass is 79.9. The number of carbonyl (C=O) groups is 1. The highest BCUT2D eigenvalue weighted by molar-refractivity contribution is 9.13. The van der Waals surface area contributed by atoms with E-state index in [1.807, 2.05) is 35.9 Å². The van der Waals surface area contributed by atoms with E-state index in [0.717, 1.165) is 24.3 Å². The molecule has 0 aliphatic carbocycles. The van der Waals surface area contributed by atoms with Gasteiger partial charge in [-0.2, -0.15) is 0 Å². The van der Waals surface area contributed by atoms with Gasteiger partial charge in [0, 0.05) is 20.3 Å². The van der Waals surface area contributed by atoms with E-state index in [1.54, 1.807) is 11.8 Å². The molecular weight excluding hydrogens is 384 g/mol. The number of ketones is 1. The molecular formula is C12H8Br2OS2. The molecule has 0 saturated carbocycles. The van der Waals surface area contributed by atoms with Crippen molar-refractivity contribution in [1.82, 2.24) is 0 Å². The Balaban J connectivity index is 2.33. The Morgan fingerprint density at radius 1 is 1.24 bits per heavy atom. The minimum absolute atomic E-state index is 0.0558. The number of benzene rings is 1. The summed E-state index contributed by atoms with van der Waals surface area (Å²) < 4.78 is 1.76. The van der Waals surface area contributed by atoms with Crippen LogP contribution >= 0.6 is 55.0 Å². The Labute approximate surface area is 125 Å². The Hall–Kier alpha value is -0.100. The van der Waals surface area contributed by atoms with E-state index in [9.17, 15) is 4.79 Å². The Morgan fingerprint density at radius 3 is 2.35 bits per heavy atom. The van der Waals surface area contributed by atoms with Crippen molar-refractivity contribution in [1.29, 1.82) is 0 Å². The maximum atomic E-state index is 12.2. The number of rotatable bonds is 3. The molecule has 1 aromatic carbocycles. The van der Waals surface area contributed by atoms with Crippen molar-refractivity contribution in [3.8, 4) is 0 Å². The lowest BCUT2D eigenvalue weighted by Crippen LogP contribution is -1.98.